The summed E-state index contributed by atoms with van der Waals surface area (Å²) in [4.78, 5) is 9.75. The Morgan fingerprint density at radius 3 is 1.75 bits per heavy atom. The number of fused-ring (bicyclic) bond motifs is 7. The van der Waals surface area contributed by atoms with Crippen LogP contribution < -0.4 is 4.98 Å². The maximum atomic E-state index is 6.62. The number of para-hydroxylation sites is 2. The molecule has 0 radical (unpaired) electrons. The standard InChI is InChI=1S/C33H43N3.C21H16N.Cu/c1-20(2)25-17-28(23(7)8)32(29(18-25)24(9)10)35-19-36(33-30(35)15-12-16-34-33)31-26(21(3)4)13-11-14-27(31)22(5)6;1-21(2)17-9-5-3-7-13(17)15-11-16-14-8-4-6-10-19(14)22-20(16)12-18(15)21;/h11-18,20-24H,1-10H3;3-12H,1-2H3;/q;-1;. The molecule has 0 saturated heterocycles. The summed E-state index contributed by atoms with van der Waals surface area (Å²) in [5.41, 5.74) is 18.8. The summed E-state index contributed by atoms with van der Waals surface area (Å²) in [6, 6.07) is 37.5. The summed E-state index contributed by atoms with van der Waals surface area (Å²) < 4.78 is 5.31. The van der Waals surface area contributed by atoms with E-state index in [-0.39, 0.29) is 5.41 Å². The Kier molecular flexibility index (Phi) is 10.8. The van der Waals surface area contributed by atoms with Crippen LogP contribution in [0.4, 0.5) is 0 Å². The zero-order chi connectivity index (χ0) is 42.1. The Morgan fingerprint density at radius 1 is 0.525 bits per heavy atom. The third-order valence-electron chi connectivity index (χ3n) is 12.6. The van der Waals surface area contributed by atoms with Crippen LogP contribution in [0, 0.1) is 4.32 Å². The van der Waals surface area contributed by atoms with E-state index in [4.69, 9.17) is 25.5 Å². The van der Waals surface area contributed by atoms with Crippen molar-refractivity contribution in [3.05, 3.63) is 153 Å². The van der Waals surface area contributed by atoms with Gasteiger partial charge >= 0.3 is 232 Å². The van der Waals surface area contributed by atoms with Gasteiger partial charge in [0.2, 0.25) is 0 Å². The zero-order valence-electron chi connectivity index (χ0n) is 36.9. The molecule has 8 aromatic rings. The minimum absolute atomic E-state index is 0.0469. The molecule has 0 spiro atoms. The number of hydrogen-bond donors (Lipinski definition) is 0. The second kappa shape index (κ2) is 15.6. The molecule has 307 valence electrons. The van der Waals surface area contributed by atoms with E-state index >= 15 is 0 Å². The van der Waals surface area contributed by atoms with Gasteiger partial charge in [0.15, 0.2) is 0 Å². The third kappa shape index (κ3) is 6.85. The first kappa shape index (κ1) is 40.8. The van der Waals surface area contributed by atoms with E-state index in [1.54, 1.807) is 0 Å². The number of aromatic nitrogens is 4. The predicted octanol–water partition coefficient (Wildman–Crippen LogP) is 14.8. The third-order valence-corrected chi connectivity index (χ3v) is 13.0. The molecule has 0 N–H and O–H groups in total. The molecule has 0 aliphatic heterocycles. The Morgan fingerprint density at radius 2 is 1.12 bits per heavy atom. The predicted molar refractivity (Wildman–Crippen MR) is 246 cm³/mol. The number of hydrogen-bond acceptors (Lipinski definition) is 1. The zero-order valence-corrected chi connectivity index (χ0v) is 37.8. The van der Waals surface area contributed by atoms with Gasteiger partial charge in [-0.15, -0.1) is 11.0 Å². The molecular formula is C54H59CuN4-. The first-order valence-corrected chi connectivity index (χ1v) is 22.0. The van der Waals surface area contributed by atoms with Crippen molar-refractivity contribution >= 4 is 33.0 Å². The largest absolute Gasteiger partial charge is 0.657 e. The van der Waals surface area contributed by atoms with Crippen LogP contribution in [0.15, 0.2) is 109 Å². The van der Waals surface area contributed by atoms with Gasteiger partial charge in [0.1, 0.15) is 0 Å². The van der Waals surface area contributed by atoms with Crippen LogP contribution >= 0.6 is 0 Å². The number of benzene rings is 5. The maximum absolute atomic E-state index is 6.62. The first-order chi connectivity index (χ1) is 28.1. The van der Waals surface area contributed by atoms with Gasteiger partial charge in [0.05, 0.1) is 0 Å². The molecule has 5 aromatic carbocycles. The number of rotatable bonds is 7. The summed E-state index contributed by atoms with van der Waals surface area (Å²) in [7, 11) is 0. The molecule has 0 amide bonds. The fraction of sp³-hybridized carbons (Fsp3) is 0.333. The van der Waals surface area contributed by atoms with Gasteiger partial charge in [0, 0.05) is 5.41 Å². The van der Waals surface area contributed by atoms with Gasteiger partial charge in [-0.1, -0.05) is 68.4 Å². The Labute approximate surface area is 359 Å². The van der Waals surface area contributed by atoms with Crippen molar-refractivity contribution in [2.75, 3.05) is 0 Å². The van der Waals surface area contributed by atoms with Crippen LogP contribution in [-0.2, 0) is 21.0 Å². The van der Waals surface area contributed by atoms with Crippen molar-refractivity contribution < 1.29 is 15.6 Å². The summed E-state index contributed by atoms with van der Waals surface area (Å²) in [5, 5.41) is 2.52. The van der Waals surface area contributed by atoms with Gasteiger partial charge in [-0.3, -0.25) is 0 Å². The molecule has 59 heavy (non-hydrogen) atoms. The van der Waals surface area contributed by atoms with E-state index in [2.05, 4.69) is 189 Å². The minimum atomic E-state index is 0.0469. The fourth-order valence-corrected chi connectivity index (χ4v) is 9.74. The number of pyridine rings is 1. The Bertz CT molecular complexity index is 2870. The molecule has 0 saturated carbocycles. The van der Waals surface area contributed by atoms with E-state index in [0.717, 1.165) is 26.5 Å². The summed E-state index contributed by atoms with van der Waals surface area (Å²) in [6.07, 6.45) is 1.89. The Hall–Kier alpha value is -4.96. The molecular weight excluding hydrogens is 768 g/mol. The molecule has 9 rings (SSSR count). The molecule has 1 aliphatic carbocycles. The molecule has 0 bridgehead atoms. The molecule has 5 heteroatoms. The van der Waals surface area contributed by atoms with E-state index in [1.807, 2.05) is 12.3 Å². The minimum Gasteiger partial charge on any atom is -0.657 e. The van der Waals surface area contributed by atoms with E-state index < -0.39 is 0 Å². The fourth-order valence-electron chi connectivity index (χ4n) is 9.32. The smallest absolute Gasteiger partial charge is 0.0158 e. The summed E-state index contributed by atoms with van der Waals surface area (Å²) >= 11 is 6.62. The van der Waals surface area contributed by atoms with Gasteiger partial charge in [0.25, 0.3) is 0 Å². The van der Waals surface area contributed by atoms with Crippen LogP contribution in [0.5, 0.6) is 0 Å². The summed E-state index contributed by atoms with van der Waals surface area (Å²) in [5.74, 6) is 1.89. The number of imidazole rings is 1. The van der Waals surface area contributed by atoms with Crippen LogP contribution in [0.3, 0.4) is 0 Å². The normalized spacial score (nSPS) is 13.4. The van der Waals surface area contributed by atoms with E-state index in [0.29, 0.717) is 29.6 Å². The van der Waals surface area contributed by atoms with E-state index in [1.165, 1.54) is 72.2 Å². The molecule has 1 aliphatic rings. The van der Waals surface area contributed by atoms with Gasteiger partial charge in [-0.2, -0.15) is 0 Å². The van der Waals surface area contributed by atoms with Crippen LogP contribution in [0.2, 0.25) is 0 Å². The van der Waals surface area contributed by atoms with Crippen molar-refractivity contribution in [1.29, 1.82) is 0 Å². The van der Waals surface area contributed by atoms with Crippen molar-refractivity contribution in [2.45, 2.75) is 118 Å². The second-order valence-electron chi connectivity index (χ2n) is 18.6. The van der Waals surface area contributed by atoms with Crippen molar-refractivity contribution in [3.8, 4) is 22.5 Å². The van der Waals surface area contributed by atoms with E-state index in [9.17, 15) is 0 Å². The molecule has 4 nitrogen and oxygen atoms in total. The Balaban J connectivity index is 0.000000185. The summed E-state index contributed by atoms with van der Waals surface area (Å²) in [6.45, 7) is 27.4. The topological polar surface area (TPSA) is 36.9 Å². The van der Waals surface area contributed by atoms with Crippen LogP contribution in [0.1, 0.15) is 152 Å². The van der Waals surface area contributed by atoms with Crippen molar-refractivity contribution in [2.24, 2.45) is 0 Å². The SMILES string of the molecule is CC(C)c1cc(C(C)C)c(-n2[c](=[Cu])n(-c3c(C(C)C)cccc3C(C)C)c3ncccc32)c(C(C)C)c1.CC1(C)c2ccccc2-c2cc3c(cc21)[n-]c1ccccc13. The van der Waals surface area contributed by atoms with Crippen LogP contribution in [0.25, 0.3) is 55.5 Å². The van der Waals surface area contributed by atoms with Crippen molar-refractivity contribution in [3.63, 3.8) is 0 Å². The average molecular weight is 828 g/mol. The molecule has 0 fully saturated rings. The molecule has 3 heterocycles. The monoisotopic (exact) mass is 826 g/mol. The van der Waals surface area contributed by atoms with Gasteiger partial charge in [-0.25, -0.2) is 0 Å². The first-order valence-electron chi connectivity index (χ1n) is 21.6. The van der Waals surface area contributed by atoms with Gasteiger partial charge in [-0.05, 0) is 39.1 Å². The number of nitrogens with zero attached hydrogens (tertiary/aromatic N) is 4. The van der Waals surface area contributed by atoms with Crippen molar-refractivity contribution in [1.82, 2.24) is 19.1 Å². The second-order valence-corrected chi connectivity index (χ2v) is 19.0. The molecule has 0 unspecified atom stereocenters. The molecule has 3 aromatic heterocycles. The molecule has 0 atom stereocenters. The van der Waals surface area contributed by atoms with Gasteiger partial charge < -0.3 is 4.98 Å². The quantitative estimate of drug-likeness (QED) is 0.150. The maximum Gasteiger partial charge on any atom is 0.0158 e. The average Bonchev–Trinajstić information content (AvgIpc) is 3.80. The van der Waals surface area contributed by atoms with Crippen LogP contribution in [-0.4, -0.2) is 14.1 Å².